The molecule has 3 aromatic carbocycles. The number of carboxylic acid groups (broad SMARTS) is 1. The predicted molar refractivity (Wildman–Crippen MR) is 134 cm³/mol. The van der Waals surface area contributed by atoms with Gasteiger partial charge in [0.1, 0.15) is 0 Å². The van der Waals surface area contributed by atoms with Gasteiger partial charge in [-0.3, -0.25) is 4.79 Å². The lowest BCUT2D eigenvalue weighted by Gasteiger charge is -2.27. The Kier molecular flexibility index (Phi) is 6.62. The Bertz CT molecular complexity index is 1350. The van der Waals surface area contributed by atoms with E-state index in [0.29, 0.717) is 22.4 Å². The number of para-hydroxylation sites is 1. The molecule has 1 heterocycles. The minimum absolute atomic E-state index is 0.182. The first-order valence-electron chi connectivity index (χ1n) is 11.0. The van der Waals surface area contributed by atoms with E-state index in [1.165, 1.54) is 6.21 Å². The second kappa shape index (κ2) is 9.79. The number of aromatic carboxylic acids is 1. The first-order valence-corrected chi connectivity index (χ1v) is 11.0. The molecule has 0 fully saturated rings. The number of rotatable bonds is 7. The summed E-state index contributed by atoms with van der Waals surface area (Å²) in [6, 6.07) is 26.0. The highest BCUT2D eigenvalue weighted by molar-refractivity contribution is 5.93. The lowest BCUT2D eigenvalue weighted by molar-refractivity contribution is -0.136. The van der Waals surface area contributed by atoms with Crippen LogP contribution < -0.4 is 5.43 Å². The molecule has 3 N–H and O–H groups in total. The second-order valence-electron chi connectivity index (χ2n) is 8.13. The van der Waals surface area contributed by atoms with Gasteiger partial charge in [-0.25, -0.2) is 10.2 Å². The molecule has 0 unspecified atom stereocenters. The number of amides is 1. The Morgan fingerprint density at radius 2 is 1.43 bits per heavy atom. The van der Waals surface area contributed by atoms with Crippen LogP contribution in [0.2, 0.25) is 0 Å². The van der Waals surface area contributed by atoms with Crippen LogP contribution in [0.25, 0.3) is 5.69 Å². The van der Waals surface area contributed by atoms with E-state index in [2.05, 4.69) is 10.5 Å². The van der Waals surface area contributed by atoms with Crippen LogP contribution in [0.3, 0.4) is 0 Å². The number of hydrogen-bond donors (Lipinski definition) is 3. The molecule has 4 rings (SSSR count). The quantitative estimate of drug-likeness (QED) is 0.280. The van der Waals surface area contributed by atoms with E-state index in [9.17, 15) is 19.8 Å². The number of aromatic nitrogens is 1. The zero-order valence-electron chi connectivity index (χ0n) is 19.3. The molecule has 7 nitrogen and oxygen atoms in total. The SMILES string of the molecule is Cc1cc(/C=N/NC(=O)C(O)(c2ccccc2)c2ccccc2)c(C)n1-c1ccccc1C(=O)O. The largest absolute Gasteiger partial charge is 0.478 e. The molecule has 4 aromatic rings. The van der Waals surface area contributed by atoms with Gasteiger partial charge in [0, 0.05) is 17.0 Å². The van der Waals surface area contributed by atoms with Crippen molar-refractivity contribution in [1.29, 1.82) is 0 Å². The molecule has 0 saturated carbocycles. The van der Waals surface area contributed by atoms with Gasteiger partial charge in [0.25, 0.3) is 5.91 Å². The summed E-state index contributed by atoms with van der Waals surface area (Å²) < 4.78 is 1.83. The zero-order chi connectivity index (χ0) is 25.0. The molecule has 7 heteroatoms. The van der Waals surface area contributed by atoms with Gasteiger partial charge in [-0.1, -0.05) is 72.8 Å². The molecule has 0 atom stereocenters. The van der Waals surface area contributed by atoms with Crippen LogP contribution in [0.15, 0.2) is 96.1 Å². The number of nitrogens with zero attached hydrogens (tertiary/aromatic N) is 2. The predicted octanol–water partition coefficient (Wildman–Crippen LogP) is 4.18. The number of hydrogen-bond acceptors (Lipinski definition) is 4. The van der Waals surface area contributed by atoms with Gasteiger partial charge in [0.15, 0.2) is 5.60 Å². The fourth-order valence-electron chi connectivity index (χ4n) is 4.17. The monoisotopic (exact) mass is 467 g/mol. The molecule has 0 spiro atoms. The second-order valence-corrected chi connectivity index (χ2v) is 8.13. The van der Waals surface area contributed by atoms with E-state index < -0.39 is 17.5 Å². The van der Waals surface area contributed by atoms with Crippen LogP contribution in [0.5, 0.6) is 0 Å². The first kappa shape index (κ1) is 23.7. The molecule has 35 heavy (non-hydrogen) atoms. The van der Waals surface area contributed by atoms with Crippen molar-refractivity contribution in [2.24, 2.45) is 5.10 Å². The van der Waals surface area contributed by atoms with Crippen molar-refractivity contribution >= 4 is 18.1 Å². The van der Waals surface area contributed by atoms with Gasteiger partial charge in [0.2, 0.25) is 0 Å². The highest BCUT2D eigenvalue weighted by atomic mass is 16.4. The van der Waals surface area contributed by atoms with E-state index in [0.717, 1.165) is 11.4 Å². The molecule has 0 saturated heterocycles. The third-order valence-electron chi connectivity index (χ3n) is 5.93. The van der Waals surface area contributed by atoms with Gasteiger partial charge in [-0.2, -0.15) is 5.10 Å². The average molecular weight is 468 g/mol. The van der Waals surface area contributed by atoms with Crippen LogP contribution in [0.1, 0.15) is 38.4 Å². The number of aryl methyl sites for hydroxylation is 1. The normalized spacial score (nSPS) is 11.5. The van der Waals surface area contributed by atoms with Gasteiger partial charge in [0.05, 0.1) is 17.5 Å². The van der Waals surface area contributed by atoms with E-state index in [1.54, 1.807) is 72.8 Å². The molecular weight excluding hydrogens is 442 g/mol. The van der Waals surface area contributed by atoms with Crippen molar-refractivity contribution in [3.63, 3.8) is 0 Å². The number of aliphatic hydroxyl groups is 1. The topological polar surface area (TPSA) is 104 Å². The number of hydrazone groups is 1. The third-order valence-corrected chi connectivity index (χ3v) is 5.93. The van der Waals surface area contributed by atoms with Crippen molar-refractivity contribution in [3.8, 4) is 5.69 Å². The van der Waals surface area contributed by atoms with Crippen molar-refractivity contribution in [1.82, 2.24) is 9.99 Å². The molecular formula is C28H25N3O4. The summed E-state index contributed by atoms with van der Waals surface area (Å²) in [5, 5.41) is 25.2. The van der Waals surface area contributed by atoms with Crippen LogP contribution in [0.4, 0.5) is 0 Å². The van der Waals surface area contributed by atoms with Crippen molar-refractivity contribution in [2.75, 3.05) is 0 Å². The maximum atomic E-state index is 13.2. The molecule has 0 aliphatic carbocycles. The van der Waals surface area contributed by atoms with Crippen LogP contribution >= 0.6 is 0 Å². The van der Waals surface area contributed by atoms with Gasteiger partial charge >= 0.3 is 5.97 Å². The summed E-state index contributed by atoms with van der Waals surface area (Å²) in [4.78, 5) is 24.9. The van der Waals surface area contributed by atoms with Crippen LogP contribution in [-0.2, 0) is 10.4 Å². The number of nitrogens with one attached hydrogen (secondary N) is 1. The fourth-order valence-corrected chi connectivity index (χ4v) is 4.17. The molecule has 1 amide bonds. The summed E-state index contributed by atoms with van der Waals surface area (Å²) in [7, 11) is 0. The number of benzene rings is 3. The molecule has 0 aliphatic rings. The maximum Gasteiger partial charge on any atom is 0.337 e. The summed E-state index contributed by atoms with van der Waals surface area (Å²) in [5.74, 6) is -1.71. The third kappa shape index (κ3) is 4.49. The molecule has 0 radical (unpaired) electrons. The molecule has 176 valence electrons. The highest BCUT2D eigenvalue weighted by Crippen LogP contribution is 2.30. The summed E-state index contributed by atoms with van der Waals surface area (Å²) in [5.41, 5.74) is 4.37. The van der Waals surface area contributed by atoms with E-state index in [4.69, 9.17) is 0 Å². The van der Waals surface area contributed by atoms with Crippen molar-refractivity contribution in [2.45, 2.75) is 19.4 Å². The van der Waals surface area contributed by atoms with E-state index >= 15 is 0 Å². The van der Waals surface area contributed by atoms with Crippen LogP contribution in [0, 0.1) is 13.8 Å². The average Bonchev–Trinajstić information content (AvgIpc) is 3.16. The number of carboxylic acids is 1. The van der Waals surface area contributed by atoms with E-state index in [1.807, 2.05) is 36.6 Å². The first-order chi connectivity index (χ1) is 16.8. The van der Waals surface area contributed by atoms with Gasteiger partial charge in [-0.05, 0) is 43.2 Å². The minimum Gasteiger partial charge on any atom is -0.478 e. The Morgan fingerprint density at radius 1 is 0.886 bits per heavy atom. The van der Waals surface area contributed by atoms with Gasteiger partial charge in [-0.15, -0.1) is 0 Å². The van der Waals surface area contributed by atoms with E-state index in [-0.39, 0.29) is 5.56 Å². The van der Waals surface area contributed by atoms with Crippen molar-refractivity contribution in [3.05, 3.63) is 125 Å². The highest BCUT2D eigenvalue weighted by Gasteiger charge is 2.39. The zero-order valence-corrected chi connectivity index (χ0v) is 19.3. The molecule has 1 aromatic heterocycles. The lowest BCUT2D eigenvalue weighted by Crippen LogP contribution is -2.43. The van der Waals surface area contributed by atoms with Crippen molar-refractivity contribution < 1.29 is 19.8 Å². The number of carbonyl (C=O) groups excluding carboxylic acids is 1. The lowest BCUT2D eigenvalue weighted by atomic mass is 9.85. The smallest absolute Gasteiger partial charge is 0.337 e. The summed E-state index contributed by atoms with van der Waals surface area (Å²) in [6.07, 6.45) is 1.48. The fraction of sp³-hybridized carbons (Fsp3) is 0.107. The van der Waals surface area contributed by atoms with Crippen LogP contribution in [-0.4, -0.2) is 32.9 Å². The minimum atomic E-state index is -1.93. The summed E-state index contributed by atoms with van der Waals surface area (Å²) in [6.45, 7) is 3.71. The number of carbonyl (C=O) groups is 2. The molecule has 0 bridgehead atoms. The summed E-state index contributed by atoms with van der Waals surface area (Å²) >= 11 is 0. The Labute approximate surface area is 203 Å². The Hall–Kier alpha value is -4.49. The standard InChI is InChI=1S/C28H25N3O4/c1-19-17-21(20(2)31(19)25-16-10-9-15-24(25)26(32)33)18-29-30-27(34)28(35,22-11-5-3-6-12-22)23-13-7-4-8-14-23/h3-18,35H,1-2H3,(H,30,34)(H,32,33)/b29-18+. The Balaban J connectivity index is 1.64. The van der Waals surface area contributed by atoms with Gasteiger partial charge < -0.3 is 14.8 Å². The maximum absolute atomic E-state index is 13.2. The Morgan fingerprint density at radius 3 is 2.00 bits per heavy atom. The molecule has 0 aliphatic heterocycles.